The Bertz CT molecular complexity index is 599. The van der Waals surface area contributed by atoms with Gasteiger partial charge in [-0.15, -0.1) is 0 Å². The highest BCUT2D eigenvalue weighted by Crippen LogP contribution is 2.40. The molecule has 3 rings (SSSR count). The van der Waals surface area contributed by atoms with Gasteiger partial charge in [0.05, 0.1) is 0 Å². The summed E-state index contributed by atoms with van der Waals surface area (Å²) in [4.78, 5) is 0. The van der Waals surface area contributed by atoms with Crippen LogP contribution in [0.5, 0.6) is 0 Å². The fraction of sp³-hybridized carbons (Fsp3) is 0.294. The number of hydrogen-bond donors (Lipinski definition) is 1. The van der Waals surface area contributed by atoms with Crippen LogP contribution in [0.15, 0.2) is 53.0 Å². The van der Waals surface area contributed by atoms with Gasteiger partial charge in [0.15, 0.2) is 0 Å². The Morgan fingerprint density at radius 2 is 1.90 bits per heavy atom. The van der Waals surface area contributed by atoms with Crippen molar-refractivity contribution in [3.05, 3.63) is 69.2 Å². The molecule has 20 heavy (non-hydrogen) atoms. The summed E-state index contributed by atoms with van der Waals surface area (Å²) in [6.45, 7) is 2.06. The number of halogens is 2. The van der Waals surface area contributed by atoms with Crippen LogP contribution in [0.1, 0.15) is 29.4 Å². The second-order valence-electron chi connectivity index (χ2n) is 5.28. The van der Waals surface area contributed by atoms with Gasteiger partial charge in [-0.1, -0.05) is 57.9 Å². The molecule has 0 bridgehead atoms. The van der Waals surface area contributed by atoms with E-state index in [1.807, 2.05) is 12.1 Å². The summed E-state index contributed by atoms with van der Waals surface area (Å²) < 4.78 is 1.14. The Morgan fingerprint density at radius 3 is 2.70 bits per heavy atom. The topological polar surface area (TPSA) is 12.0 Å². The van der Waals surface area contributed by atoms with E-state index in [1.54, 1.807) is 0 Å². The molecule has 1 aliphatic rings. The van der Waals surface area contributed by atoms with E-state index in [9.17, 15) is 0 Å². The van der Waals surface area contributed by atoms with E-state index in [2.05, 4.69) is 57.6 Å². The molecule has 1 heterocycles. The molecule has 0 aromatic heterocycles. The van der Waals surface area contributed by atoms with Crippen LogP contribution < -0.4 is 5.32 Å². The Balaban J connectivity index is 1.98. The van der Waals surface area contributed by atoms with Crippen molar-refractivity contribution >= 4 is 27.5 Å². The molecule has 3 heteroatoms. The van der Waals surface area contributed by atoms with Crippen molar-refractivity contribution in [2.75, 3.05) is 13.1 Å². The molecule has 2 unspecified atom stereocenters. The maximum Gasteiger partial charge on any atom is 0.0441 e. The molecule has 1 N–H and O–H groups in total. The zero-order valence-electron chi connectivity index (χ0n) is 11.2. The third-order valence-corrected chi connectivity index (χ3v) is 4.90. The highest BCUT2D eigenvalue weighted by Gasteiger charge is 2.28. The minimum atomic E-state index is 0.473. The van der Waals surface area contributed by atoms with Crippen molar-refractivity contribution in [1.29, 1.82) is 0 Å². The summed E-state index contributed by atoms with van der Waals surface area (Å²) in [5.74, 6) is 0.959. The average Bonchev–Trinajstić information content (AvgIpc) is 2.48. The highest BCUT2D eigenvalue weighted by molar-refractivity contribution is 9.10. The van der Waals surface area contributed by atoms with Crippen LogP contribution in [0.2, 0.25) is 5.02 Å². The van der Waals surface area contributed by atoms with Crippen LogP contribution in [0.25, 0.3) is 0 Å². The summed E-state index contributed by atoms with van der Waals surface area (Å²) in [5.41, 5.74) is 2.65. The van der Waals surface area contributed by atoms with E-state index in [0.717, 1.165) is 29.0 Å². The first-order chi connectivity index (χ1) is 9.75. The minimum absolute atomic E-state index is 0.473. The van der Waals surface area contributed by atoms with Gasteiger partial charge in [-0.2, -0.15) is 0 Å². The molecular formula is C17H17BrClN. The van der Waals surface area contributed by atoms with E-state index in [-0.39, 0.29) is 0 Å². The summed E-state index contributed by atoms with van der Waals surface area (Å²) in [5, 5.41) is 4.40. The maximum atomic E-state index is 6.41. The summed E-state index contributed by atoms with van der Waals surface area (Å²) in [6.07, 6.45) is 1.13. The number of benzene rings is 2. The van der Waals surface area contributed by atoms with Crippen LogP contribution in [-0.4, -0.2) is 13.1 Å². The van der Waals surface area contributed by atoms with Gasteiger partial charge < -0.3 is 5.32 Å². The molecule has 104 valence electrons. The Kier molecular flexibility index (Phi) is 4.45. The van der Waals surface area contributed by atoms with Crippen molar-refractivity contribution in [1.82, 2.24) is 5.32 Å². The molecule has 0 amide bonds. The standard InChI is InChI=1S/C17H17BrClN/c18-13-5-3-4-12(10-13)16-11-20-9-8-14(16)15-6-1-2-7-17(15)19/h1-7,10,14,16,20H,8-9,11H2. The molecule has 0 saturated carbocycles. The molecule has 1 aliphatic heterocycles. The van der Waals surface area contributed by atoms with Gasteiger partial charge in [0.1, 0.15) is 0 Å². The lowest BCUT2D eigenvalue weighted by atomic mass is 9.77. The van der Waals surface area contributed by atoms with Crippen molar-refractivity contribution in [3.63, 3.8) is 0 Å². The third-order valence-electron chi connectivity index (χ3n) is 4.06. The molecule has 0 spiro atoms. The Morgan fingerprint density at radius 1 is 1.05 bits per heavy atom. The fourth-order valence-electron chi connectivity index (χ4n) is 3.09. The molecule has 1 nitrogen and oxygen atoms in total. The van der Waals surface area contributed by atoms with Gasteiger partial charge in [0.2, 0.25) is 0 Å². The monoisotopic (exact) mass is 349 g/mol. The first-order valence-corrected chi connectivity index (χ1v) is 8.13. The normalized spacial score (nSPS) is 22.7. The van der Waals surface area contributed by atoms with Crippen LogP contribution in [0, 0.1) is 0 Å². The lowest BCUT2D eigenvalue weighted by molar-refractivity contribution is 0.404. The zero-order chi connectivity index (χ0) is 13.9. The van der Waals surface area contributed by atoms with E-state index < -0.39 is 0 Å². The van der Waals surface area contributed by atoms with Gasteiger partial charge >= 0.3 is 0 Å². The minimum Gasteiger partial charge on any atom is -0.316 e. The predicted octanol–water partition coefficient (Wildman–Crippen LogP) is 4.96. The number of rotatable bonds is 2. The van der Waals surface area contributed by atoms with Crippen LogP contribution in [-0.2, 0) is 0 Å². The van der Waals surface area contributed by atoms with Gasteiger partial charge in [-0.05, 0) is 48.2 Å². The van der Waals surface area contributed by atoms with Gasteiger partial charge in [0, 0.05) is 22.0 Å². The Labute approximate surface area is 133 Å². The van der Waals surface area contributed by atoms with Gasteiger partial charge in [0.25, 0.3) is 0 Å². The zero-order valence-corrected chi connectivity index (χ0v) is 13.5. The second-order valence-corrected chi connectivity index (χ2v) is 6.61. The van der Waals surface area contributed by atoms with Crippen molar-refractivity contribution in [3.8, 4) is 0 Å². The lowest BCUT2D eigenvalue weighted by Crippen LogP contribution is -2.34. The first kappa shape index (κ1) is 14.1. The molecule has 2 atom stereocenters. The number of piperidine rings is 1. The first-order valence-electron chi connectivity index (χ1n) is 6.96. The molecule has 2 aromatic carbocycles. The van der Waals surface area contributed by atoms with E-state index >= 15 is 0 Å². The largest absolute Gasteiger partial charge is 0.316 e. The lowest BCUT2D eigenvalue weighted by Gasteiger charge is -2.33. The van der Waals surface area contributed by atoms with Crippen molar-refractivity contribution in [2.24, 2.45) is 0 Å². The van der Waals surface area contributed by atoms with Crippen LogP contribution >= 0.6 is 27.5 Å². The molecule has 1 saturated heterocycles. The number of nitrogens with one attached hydrogen (secondary N) is 1. The SMILES string of the molecule is Clc1ccccc1C1CCNCC1c1cccc(Br)c1. The molecule has 1 fully saturated rings. The smallest absolute Gasteiger partial charge is 0.0441 e. The van der Waals surface area contributed by atoms with Gasteiger partial charge in [-0.3, -0.25) is 0 Å². The molecule has 0 aliphatic carbocycles. The number of hydrogen-bond acceptors (Lipinski definition) is 1. The van der Waals surface area contributed by atoms with E-state index in [1.165, 1.54) is 11.1 Å². The molecule has 2 aromatic rings. The fourth-order valence-corrected chi connectivity index (χ4v) is 3.79. The summed E-state index contributed by atoms with van der Waals surface area (Å²) in [6, 6.07) is 16.9. The van der Waals surface area contributed by atoms with E-state index in [0.29, 0.717) is 11.8 Å². The van der Waals surface area contributed by atoms with E-state index in [4.69, 9.17) is 11.6 Å². The Hall–Kier alpha value is -0.830. The van der Waals surface area contributed by atoms with Crippen molar-refractivity contribution in [2.45, 2.75) is 18.3 Å². The summed E-state index contributed by atoms with van der Waals surface area (Å²) in [7, 11) is 0. The van der Waals surface area contributed by atoms with Crippen LogP contribution in [0.4, 0.5) is 0 Å². The molecular weight excluding hydrogens is 334 g/mol. The molecule has 0 radical (unpaired) electrons. The van der Waals surface area contributed by atoms with Gasteiger partial charge in [-0.25, -0.2) is 0 Å². The summed E-state index contributed by atoms with van der Waals surface area (Å²) >= 11 is 9.98. The average molecular weight is 351 g/mol. The van der Waals surface area contributed by atoms with Crippen LogP contribution in [0.3, 0.4) is 0 Å². The quantitative estimate of drug-likeness (QED) is 0.807. The highest BCUT2D eigenvalue weighted by atomic mass is 79.9. The van der Waals surface area contributed by atoms with Crippen molar-refractivity contribution < 1.29 is 0 Å². The second kappa shape index (κ2) is 6.30. The maximum absolute atomic E-state index is 6.41. The third kappa shape index (κ3) is 2.93. The predicted molar refractivity (Wildman–Crippen MR) is 88.6 cm³/mol.